The second-order valence-corrected chi connectivity index (χ2v) is 8.19. The van der Waals surface area contributed by atoms with Crippen molar-refractivity contribution < 1.29 is 4.52 Å². The zero-order valence-electron chi connectivity index (χ0n) is 15.1. The summed E-state index contributed by atoms with van der Waals surface area (Å²) >= 11 is 3.30. The first-order chi connectivity index (χ1) is 13.2. The van der Waals surface area contributed by atoms with Gasteiger partial charge in [0.1, 0.15) is 0 Å². The molecule has 0 radical (unpaired) electrons. The quantitative estimate of drug-likeness (QED) is 0.335. The number of thiophene rings is 1. The van der Waals surface area contributed by atoms with Gasteiger partial charge in [0, 0.05) is 24.8 Å². The monoisotopic (exact) mass is 397 g/mol. The second kappa shape index (κ2) is 8.06. The van der Waals surface area contributed by atoms with Crippen molar-refractivity contribution in [1.29, 1.82) is 0 Å². The van der Waals surface area contributed by atoms with Crippen LogP contribution in [0.3, 0.4) is 0 Å². The van der Waals surface area contributed by atoms with Crippen LogP contribution in [-0.4, -0.2) is 30.7 Å². The van der Waals surface area contributed by atoms with E-state index in [1.807, 2.05) is 35.2 Å². The predicted octanol–water partition coefficient (Wildman–Crippen LogP) is 4.63. The molecule has 0 atom stereocenters. The molecule has 3 heterocycles. The summed E-state index contributed by atoms with van der Waals surface area (Å²) in [6, 6.07) is 12.3. The number of nitrogens with zero attached hydrogens (tertiary/aromatic N) is 5. The SMILES string of the molecule is Cc1cccc(-c2nnc(SCCCc3nc(-c4cccs4)no3)n2C)c1. The highest BCUT2D eigenvalue weighted by molar-refractivity contribution is 7.99. The van der Waals surface area contributed by atoms with Crippen LogP contribution in [0.1, 0.15) is 17.9 Å². The fraction of sp³-hybridized carbons (Fsp3) is 0.263. The molecular formula is C19H19N5OS2. The Hall–Kier alpha value is -2.45. The van der Waals surface area contributed by atoms with E-state index < -0.39 is 0 Å². The topological polar surface area (TPSA) is 69.6 Å². The third-order valence-corrected chi connectivity index (χ3v) is 6.06. The Bertz CT molecular complexity index is 1020. The zero-order valence-corrected chi connectivity index (χ0v) is 16.8. The van der Waals surface area contributed by atoms with E-state index in [-0.39, 0.29) is 0 Å². The number of thioether (sulfide) groups is 1. The lowest BCUT2D eigenvalue weighted by Crippen LogP contribution is -1.96. The number of aryl methyl sites for hydroxylation is 2. The van der Waals surface area contributed by atoms with E-state index >= 15 is 0 Å². The molecule has 0 saturated carbocycles. The van der Waals surface area contributed by atoms with Gasteiger partial charge in [-0.25, -0.2) is 0 Å². The molecule has 4 aromatic rings. The molecule has 138 valence electrons. The summed E-state index contributed by atoms with van der Waals surface area (Å²) in [7, 11) is 2.01. The molecule has 8 heteroatoms. The number of rotatable bonds is 7. The number of hydrogen-bond acceptors (Lipinski definition) is 7. The first-order valence-corrected chi connectivity index (χ1v) is 10.5. The Morgan fingerprint density at radius 1 is 1.19 bits per heavy atom. The molecule has 0 N–H and O–H groups in total. The molecule has 4 rings (SSSR count). The van der Waals surface area contributed by atoms with Crippen LogP contribution in [0.2, 0.25) is 0 Å². The second-order valence-electron chi connectivity index (χ2n) is 6.18. The molecule has 0 amide bonds. The fourth-order valence-electron chi connectivity index (χ4n) is 2.73. The Balaban J connectivity index is 1.32. The van der Waals surface area contributed by atoms with Crippen LogP contribution >= 0.6 is 23.1 Å². The molecule has 0 aliphatic carbocycles. The van der Waals surface area contributed by atoms with Gasteiger partial charge in [0.25, 0.3) is 0 Å². The molecular weight excluding hydrogens is 378 g/mol. The molecule has 0 aliphatic heterocycles. The number of benzene rings is 1. The average molecular weight is 398 g/mol. The van der Waals surface area contributed by atoms with Gasteiger partial charge < -0.3 is 9.09 Å². The zero-order chi connectivity index (χ0) is 18.6. The average Bonchev–Trinajstić information content (AvgIpc) is 3.40. The highest BCUT2D eigenvalue weighted by atomic mass is 32.2. The normalized spacial score (nSPS) is 11.2. The fourth-order valence-corrected chi connectivity index (χ4v) is 4.22. The van der Waals surface area contributed by atoms with Gasteiger partial charge >= 0.3 is 0 Å². The molecule has 0 bridgehead atoms. The molecule has 3 aromatic heterocycles. The standard InChI is InChI=1S/C19H19N5OS2/c1-13-6-3-7-14(12-13)18-21-22-19(24(18)2)27-11-5-9-16-20-17(23-25-16)15-8-4-10-26-15/h3-4,6-8,10,12H,5,9,11H2,1-2H3. The Morgan fingerprint density at radius 2 is 2.11 bits per heavy atom. The largest absolute Gasteiger partial charge is 0.339 e. The minimum atomic E-state index is 0.670. The smallest absolute Gasteiger partial charge is 0.227 e. The summed E-state index contributed by atoms with van der Waals surface area (Å²) in [5, 5.41) is 15.6. The molecule has 0 aliphatic rings. The lowest BCUT2D eigenvalue weighted by atomic mass is 10.1. The van der Waals surface area contributed by atoms with Crippen molar-refractivity contribution in [2.75, 3.05) is 5.75 Å². The van der Waals surface area contributed by atoms with Crippen molar-refractivity contribution in [1.82, 2.24) is 24.9 Å². The van der Waals surface area contributed by atoms with E-state index in [4.69, 9.17) is 4.52 Å². The molecule has 0 spiro atoms. The maximum atomic E-state index is 5.34. The molecule has 0 fully saturated rings. The summed E-state index contributed by atoms with van der Waals surface area (Å²) in [5.74, 6) is 3.15. The van der Waals surface area contributed by atoms with Crippen molar-refractivity contribution in [3.63, 3.8) is 0 Å². The minimum absolute atomic E-state index is 0.670. The van der Waals surface area contributed by atoms with Crippen molar-refractivity contribution in [3.05, 3.63) is 53.2 Å². The Morgan fingerprint density at radius 3 is 2.93 bits per heavy atom. The van der Waals surface area contributed by atoms with Crippen LogP contribution < -0.4 is 0 Å². The molecule has 6 nitrogen and oxygen atoms in total. The van der Waals surface area contributed by atoms with Crippen molar-refractivity contribution >= 4 is 23.1 Å². The first-order valence-electron chi connectivity index (χ1n) is 8.66. The maximum absolute atomic E-state index is 5.34. The lowest BCUT2D eigenvalue weighted by molar-refractivity contribution is 0.378. The van der Waals surface area contributed by atoms with Crippen molar-refractivity contribution in [2.24, 2.45) is 7.05 Å². The summed E-state index contributed by atoms with van der Waals surface area (Å²) in [5.41, 5.74) is 2.30. The van der Waals surface area contributed by atoms with E-state index in [1.54, 1.807) is 23.1 Å². The maximum Gasteiger partial charge on any atom is 0.227 e. The highest BCUT2D eigenvalue weighted by Gasteiger charge is 2.12. The minimum Gasteiger partial charge on any atom is -0.339 e. The Labute approximate surface area is 165 Å². The van der Waals surface area contributed by atoms with E-state index in [0.29, 0.717) is 11.7 Å². The van der Waals surface area contributed by atoms with Crippen LogP contribution in [0.5, 0.6) is 0 Å². The van der Waals surface area contributed by atoms with Crippen molar-refractivity contribution in [2.45, 2.75) is 24.9 Å². The van der Waals surface area contributed by atoms with Crippen molar-refractivity contribution in [3.8, 4) is 22.1 Å². The third kappa shape index (κ3) is 4.12. The van der Waals surface area contributed by atoms with Gasteiger partial charge in [0.15, 0.2) is 11.0 Å². The van der Waals surface area contributed by atoms with Gasteiger partial charge in [-0.2, -0.15) is 4.98 Å². The van der Waals surface area contributed by atoms with E-state index in [9.17, 15) is 0 Å². The van der Waals surface area contributed by atoms with Crippen LogP contribution in [-0.2, 0) is 13.5 Å². The van der Waals surface area contributed by atoms with Gasteiger partial charge in [-0.1, -0.05) is 46.7 Å². The molecule has 0 saturated heterocycles. The summed E-state index contributed by atoms with van der Waals surface area (Å²) in [6.45, 7) is 2.08. The van der Waals surface area contributed by atoms with Gasteiger partial charge in [-0.15, -0.1) is 21.5 Å². The van der Waals surface area contributed by atoms with Gasteiger partial charge in [-0.3, -0.25) is 0 Å². The van der Waals surface area contributed by atoms with E-state index in [0.717, 1.165) is 40.0 Å². The summed E-state index contributed by atoms with van der Waals surface area (Å²) < 4.78 is 7.38. The highest BCUT2D eigenvalue weighted by Crippen LogP contribution is 2.25. The molecule has 1 aromatic carbocycles. The van der Waals surface area contributed by atoms with Crippen LogP contribution in [0, 0.1) is 6.92 Å². The Kier molecular flexibility index (Phi) is 5.35. The van der Waals surface area contributed by atoms with E-state index in [1.165, 1.54) is 5.56 Å². The van der Waals surface area contributed by atoms with Gasteiger partial charge in [-0.05, 0) is 30.9 Å². The van der Waals surface area contributed by atoms with Gasteiger partial charge in [0.2, 0.25) is 11.7 Å². The first kappa shape index (κ1) is 17.9. The number of aromatic nitrogens is 5. The van der Waals surface area contributed by atoms with Crippen LogP contribution in [0.15, 0.2) is 51.5 Å². The third-order valence-electron chi connectivity index (χ3n) is 4.09. The number of hydrogen-bond donors (Lipinski definition) is 0. The molecule has 0 unspecified atom stereocenters. The van der Waals surface area contributed by atoms with Crippen LogP contribution in [0.4, 0.5) is 0 Å². The summed E-state index contributed by atoms with van der Waals surface area (Å²) in [4.78, 5) is 5.49. The van der Waals surface area contributed by atoms with Gasteiger partial charge in [0.05, 0.1) is 4.88 Å². The summed E-state index contributed by atoms with van der Waals surface area (Å²) in [6.07, 6.45) is 1.69. The van der Waals surface area contributed by atoms with Crippen LogP contribution in [0.25, 0.3) is 22.1 Å². The molecule has 27 heavy (non-hydrogen) atoms. The predicted molar refractivity (Wildman–Crippen MR) is 108 cm³/mol. The lowest BCUT2D eigenvalue weighted by Gasteiger charge is -2.04. The van der Waals surface area contributed by atoms with E-state index in [2.05, 4.69) is 45.5 Å².